The molecular formula is C21H43FO4SSi2. The zero-order valence-corrected chi connectivity index (χ0v) is 23.0. The molecule has 0 unspecified atom stereocenters. The van der Waals surface area contributed by atoms with Gasteiger partial charge in [-0.2, -0.15) is 0 Å². The molecule has 0 aromatic rings. The first-order chi connectivity index (χ1) is 13.3. The van der Waals surface area contributed by atoms with Crippen LogP contribution in [0.25, 0.3) is 0 Å². The van der Waals surface area contributed by atoms with Crippen molar-refractivity contribution in [2.24, 2.45) is 0 Å². The SMILES string of the molecule is CC[Si](CC)(CC)O[C@H]1[C@H](OC)[C@@H](O[Si](F)(C(C)(C)C)C(C)(C)C)[C@H]2O[C@@H]1CS2. The fourth-order valence-corrected chi connectivity index (χ4v) is 12.6. The second-order valence-corrected chi connectivity index (χ2v) is 20.9. The van der Waals surface area contributed by atoms with Crippen molar-refractivity contribution in [1.82, 2.24) is 0 Å². The van der Waals surface area contributed by atoms with Crippen LogP contribution in [0.3, 0.4) is 0 Å². The number of thioether (sulfide) groups is 1. The monoisotopic (exact) mass is 466 g/mol. The van der Waals surface area contributed by atoms with E-state index < -0.39 is 33.1 Å². The van der Waals surface area contributed by atoms with Crippen LogP contribution >= 0.6 is 11.8 Å². The van der Waals surface area contributed by atoms with Crippen molar-refractivity contribution in [3.05, 3.63) is 0 Å². The number of rotatable bonds is 8. The Morgan fingerprint density at radius 1 is 0.897 bits per heavy atom. The van der Waals surface area contributed by atoms with Crippen molar-refractivity contribution in [3.63, 3.8) is 0 Å². The Hall–Kier alpha value is 0.554. The van der Waals surface area contributed by atoms with Crippen LogP contribution in [0.15, 0.2) is 0 Å². The normalized spacial score (nSPS) is 31.3. The molecular weight excluding hydrogens is 423 g/mol. The minimum atomic E-state index is -3.67. The van der Waals surface area contributed by atoms with Gasteiger partial charge in [0.25, 0.3) is 0 Å². The smallest absolute Gasteiger partial charge is 0.394 e. The predicted molar refractivity (Wildman–Crippen MR) is 125 cm³/mol. The van der Waals surface area contributed by atoms with Crippen LogP contribution in [0.2, 0.25) is 28.2 Å². The standard InChI is InChI=1S/C21H43FO4SSi2/c1-11-28(12-2,13-3)25-16-15-14-27-19(24-15)18(17(16)23-10)26-29(22,20(4,5)6)21(7,8)9/h15-19H,11-14H2,1-10H3/t15-,16-,17+,18-,19+/m1/s1. The molecule has 29 heavy (non-hydrogen) atoms. The summed E-state index contributed by atoms with van der Waals surface area (Å²) in [5.41, 5.74) is -0.196. The molecule has 0 aromatic carbocycles. The number of methoxy groups -OCH3 is 1. The fourth-order valence-electron chi connectivity index (χ4n) is 4.83. The van der Waals surface area contributed by atoms with Crippen LogP contribution in [-0.2, 0) is 18.3 Å². The fraction of sp³-hybridized carbons (Fsp3) is 1.00. The van der Waals surface area contributed by atoms with Gasteiger partial charge in [-0.25, -0.2) is 0 Å². The largest absolute Gasteiger partial charge is 0.408 e. The summed E-state index contributed by atoms with van der Waals surface area (Å²) in [5, 5.41) is -1.12. The van der Waals surface area contributed by atoms with Gasteiger partial charge < -0.3 is 18.3 Å². The third kappa shape index (κ3) is 4.83. The number of ether oxygens (including phenoxy) is 2. The molecule has 172 valence electrons. The highest BCUT2D eigenvalue weighted by atomic mass is 32.2. The van der Waals surface area contributed by atoms with E-state index in [2.05, 4.69) is 20.8 Å². The van der Waals surface area contributed by atoms with E-state index in [0.29, 0.717) is 0 Å². The van der Waals surface area contributed by atoms with Crippen molar-refractivity contribution >= 4 is 28.7 Å². The number of hydrogen-bond acceptors (Lipinski definition) is 5. The summed E-state index contributed by atoms with van der Waals surface area (Å²) in [6.45, 7) is 18.4. The Morgan fingerprint density at radius 2 is 1.41 bits per heavy atom. The summed E-state index contributed by atoms with van der Waals surface area (Å²) in [7, 11) is -3.84. The molecule has 0 amide bonds. The average Bonchev–Trinajstić information content (AvgIpc) is 3.07. The van der Waals surface area contributed by atoms with Crippen LogP contribution in [0, 0.1) is 0 Å². The highest BCUT2D eigenvalue weighted by Crippen LogP contribution is 2.55. The number of hydrogen-bond donors (Lipinski definition) is 0. The van der Waals surface area contributed by atoms with Gasteiger partial charge in [0.2, 0.25) is 0 Å². The summed E-state index contributed by atoms with van der Waals surface area (Å²) in [5.74, 6) is 0.850. The molecule has 2 bridgehead atoms. The van der Waals surface area contributed by atoms with Crippen molar-refractivity contribution in [1.29, 1.82) is 0 Å². The molecule has 2 heterocycles. The molecule has 0 N–H and O–H groups in total. The summed E-state index contributed by atoms with van der Waals surface area (Å²) < 4.78 is 42.3. The van der Waals surface area contributed by atoms with Gasteiger partial charge in [0.05, 0.1) is 6.10 Å². The molecule has 0 radical (unpaired) electrons. The van der Waals surface area contributed by atoms with Crippen LogP contribution in [0.4, 0.5) is 4.11 Å². The van der Waals surface area contributed by atoms with E-state index in [4.69, 9.17) is 18.3 Å². The van der Waals surface area contributed by atoms with Crippen molar-refractivity contribution in [2.45, 2.75) is 120 Å². The summed E-state index contributed by atoms with van der Waals surface area (Å²) in [4.78, 5) is 0. The first-order valence-electron chi connectivity index (χ1n) is 11.1. The zero-order chi connectivity index (χ0) is 22.3. The molecule has 0 spiro atoms. The molecule has 0 saturated carbocycles. The first-order valence-corrected chi connectivity index (χ1v) is 16.5. The van der Waals surface area contributed by atoms with Gasteiger partial charge in [0, 0.05) is 22.9 Å². The third-order valence-corrected chi connectivity index (χ3v) is 17.2. The molecule has 2 aliphatic heterocycles. The molecule has 0 aliphatic carbocycles. The van der Waals surface area contributed by atoms with E-state index in [0.717, 1.165) is 23.9 Å². The predicted octanol–water partition coefficient (Wildman–Crippen LogP) is 6.26. The number of halogens is 1. The quantitative estimate of drug-likeness (QED) is 0.312. The van der Waals surface area contributed by atoms with Crippen molar-refractivity contribution in [2.75, 3.05) is 12.9 Å². The van der Waals surface area contributed by atoms with Crippen molar-refractivity contribution in [3.8, 4) is 0 Å². The van der Waals surface area contributed by atoms with Gasteiger partial charge >= 0.3 is 8.65 Å². The third-order valence-electron chi connectivity index (χ3n) is 6.84. The molecule has 4 nitrogen and oxygen atoms in total. The summed E-state index contributed by atoms with van der Waals surface area (Å²) in [6.07, 6.45) is -0.967. The van der Waals surface area contributed by atoms with Crippen LogP contribution in [0.1, 0.15) is 62.3 Å². The first kappa shape index (κ1) is 25.8. The minimum absolute atomic E-state index is 0.00808. The number of fused-ring (bicyclic) bond motifs is 2. The van der Waals surface area contributed by atoms with Gasteiger partial charge in [0.1, 0.15) is 23.7 Å². The Labute approximate surface area is 184 Å². The second kappa shape index (κ2) is 9.20. The Kier molecular flexibility index (Phi) is 8.18. The molecule has 8 heteroatoms. The molecule has 2 aliphatic rings. The molecule has 2 saturated heterocycles. The Morgan fingerprint density at radius 3 is 1.83 bits per heavy atom. The van der Waals surface area contributed by atoms with Gasteiger partial charge in [-0.3, -0.25) is 4.11 Å². The topological polar surface area (TPSA) is 36.9 Å². The maximum absolute atomic E-state index is 16.7. The van der Waals surface area contributed by atoms with Crippen LogP contribution in [-0.4, -0.2) is 59.7 Å². The van der Waals surface area contributed by atoms with Gasteiger partial charge in [-0.1, -0.05) is 62.3 Å². The molecule has 2 fully saturated rings. The van der Waals surface area contributed by atoms with E-state index >= 15 is 4.11 Å². The maximum Gasteiger partial charge on any atom is 0.394 e. The van der Waals surface area contributed by atoms with Crippen LogP contribution < -0.4 is 0 Å². The summed E-state index contributed by atoms with van der Waals surface area (Å²) in [6, 6.07) is 3.19. The van der Waals surface area contributed by atoms with Crippen LogP contribution in [0.5, 0.6) is 0 Å². The van der Waals surface area contributed by atoms with E-state index in [1.54, 1.807) is 18.9 Å². The van der Waals surface area contributed by atoms with Gasteiger partial charge in [0.15, 0.2) is 8.32 Å². The lowest BCUT2D eigenvalue weighted by Crippen LogP contribution is -2.63. The molecule has 2 rings (SSSR count). The summed E-state index contributed by atoms with van der Waals surface area (Å²) >= 11 is 1.72. The highest BCUT2D eigenvalue weighted by molar-refractivity contribution is 8.00. The Bertz CT molecular complexity index is 526. The van der Waals surface area contributed by atoms with E-state index in [9.17, 15) is 0 Å². The molecule has 5 atom stereocenters. The minimum Gasteiger partial charge on any atom is -0.408 e. The van der Waals surface area contributed by atoms with Crippen molar-refractivity contribution < 1.29 is 22.4 Å². The lowest BCUT2D eigenvalue weighted by Gasteiger charge is -2.50. The lowest BCUT2D eigenvalue weighted by molar-refractivity contribution is -0.186. The average molecular weight is 467 g/mol. The van der Waals surface area contributed by atoms with Gasteiger partial charge in [-0.15, -0.1) is 11.8 Å². The lowest BCUT2D eigenvalue weighted by atomic mass is 10.0. The maximum atomic E-state index is 16.7. The highest BCUT2D eigenvalue weighted by Gasteiger charge is 2.63. The second-order valence-electron chi connectivity index (χ2n) is 10.6. The van der Waals surface area contributed by atoms with Gasteiger partial charge in [-0.05, 0) is 18.1 Å². The zero-order valence-electron chi connectivity index (χ0n) is 20.1. The van der Waals surface area contributed by atoms with E-state index in [1.807, 2.05) is 41.5 Å². The Balaban J connectivity index is 2.39. The molecule has 0 aromatic heterocycles. The van der Waals surface area contributed by atoms with E-state index in [-0.39, 0.29) is 23.7 Å². The van der Waals surface area contributed by atoms with E-state index in [1.165, 1.54) is 0 Å².